The molecule has 0 unspecified atom stereocenters. The molecule has 122 valence electrons. The first-order valence-electron chi connectivity index (χ1n) is 7.58. The van der Waals surface area contributed by atoms with Gasteiger partial charge in [0, 0.05) is 20.2 Å². The summed E-state index contributed by atoms with van der Waals surface area (Å²) in [5.74, 6) is 5.67. The van der Waals surface area contributed by atoms with E-state index in [1.165, 1.54) is 0 Å². The van der Waals surface area contributed by atoms with E-state index in [4.69, 9.17) is 24.8 Å². The Hall–Kier alpha value is -0.240. The molecular weight excluding hydrogens is 260 g/mol. The van der Waals surface area contributed by atoms with E-state index in [9.17, 15) is 0 Å². The Morgan fingerprint density at radius 1 is 0.900 bits per heavy atom. The van der Waals surface area contributed by atoms with E-state index in [-0.39, 0.29) is 0 Å². The SMILES string of the molecule is CC.COCCOCCOCCOC1CCN(N)CC1. The van der Waals surface area contributed by atoms with Gasteiger partial charge >= 0.3 is 0 Å². The maximum Gasteiger partial charge on any atom is 0.0704 e. The molecule has 0 radical (unpaired) electrons. The summed E-state index contributed by atoms with van der Waals surface area (Å²) in [7, 11) is 1.66. The summed E-state index contributed by atoms with van der Waals surface area (Å²) in [6.07, 6.45) is 2.36. The van der Waals surface area contributed by atoms with E-state index in [1.807, 2.05) is 18.9 Å². The Morgan fingerprint density at radius 2 is 1.40 bits per heavy atom. The number of rotatable bonds is 10. The van der Waals surface area contributed by atoms with Crippen molar-refractivity contribution in [3.05, 3.63) is 0 Å². The van der Waals surface area contributed by atoms with Gasteiger partial charge in [-0.3, -0.25) is 5.84 Å². The predicted molar refractivity (Wildman–Crippen MR) is 79.6 cm³/mol. The predicted octanol–water partition coefficient (Wildman–Crippen LogP) is 1.05. The van der Waals surface area contributed by atoms with Crippen LogP contribution in [0.15, 0.2) is 0 Å². The number of methoxy groups -OCH3 is 1. The average Bonchev–Trinajstić information content (AvgIpc) is 2.49. The monoisotopic (exact) mass is 292 g/mol. The Balaban J connectivity index is 0.00000172. The first-order chi connectivity index (χ1) is 9.83. The summed E-state index contributed by atoms with van der Waals surface area (Å²) >= 11 is 0. The van der Waals surface area contributed by atoms with Crippen molar-refractivity contribution in [1.82, 2.24) is 5.01 Å². The zero-order valence-electron chi connectivity index (χ0n) is 13.3. The van der Waals surface area contributed by atoms with Crippen LogP contribution in [-0.4, -0.2) is 71.0 Å². The third-order valence-electron chi connectivity index (χ3n) is 2.86. The molecule has 1 saturated heterocycles. The number of piperidine rings is 1. The second-order valence-corrected chi connectivity index (χ2v) is 4.32. The van der Waals surface area contributed by atoms with Gasteiger partial charge in [-0.05, 0) is 12.8 Å². The normalized spacial score (nSPS) is 16.8. The average molecular weight is 292 g/mol. The fourth-order valence-electron chi connectivity index (χ4n) is 1.78. The van der Waals surface area contributed by atoms with Gasteiger partial charge < -0.3 is 18.9 Å². The van der Waals surface area contributed by atoms with Crippen LogP contribution in [-0.2, 0) is 18.9 Å². The maximum absolute atomic E-state index is 5.71. The van der Waals surface area contributed by atoms with Crippen LogP contribution in [0.5, 0.6) is 0 Å². The van der Waals surface area contributed by atoms with E-state index in [2.05, 4.69) is 0 Å². The highest BCUT2D eigenvalue weighted by Crippen LogP contribution is 2.10. The van der Waals surface area contributed by atoms with Gasteiger partial charge in [-0.25, -0.2) is 5.01 Å². The van der Waals surface area contributed by atoms with Crippen molar-refractivity contribution < 1.29 is 18.9 Å². The lowest BCUT2D eigenvalue weighted by molar-refractivity contribution is -0.0335. The molecule has 20 heavy (non-hydrogen) atoms. The molecule has 6 heteroatoms. The first kappa shape index (κ1) is 19.8. The summed E-state index contributed by atoms with van der Waals surface area (Å²) in [4.78, 5) is 0. The van der Waals surface area contributed by atoms with Gasteiger partial charge in [-0.2, -0.15) is 0 Å². The summed E-state index contributed by atoms with van der Waals surface area (Å²) in [5.41, 5.74) is 0. The summed E-state index contributed by atoms with van der Waals surface area (Å²) in [6, 6.07) is 0. The highest BCUT2D eigenvalue weighted by atomic mass is 16.6. The Bertz CT molecular complexity index is 188. The number of hydrogen-bond acceptors (Lipinski definition) is 6. The fraction of sp³-hybridized carbons (Fsp3) is 1.00. The Labute approximate surface area is 123 Å². The second kappa shape index (κ2) is 15.2. The molecule has 0 aromatic carbocycles. The largest absolute Gasteiger partial charge is 0.382 e. The third-order valence-corrected chi connectivity index (χ3v) is 2.86. The minimum Gasteiger partial charge on any atom is -0.382 e. The molecule has 1 aliphatic heterocycles. The number of nitrogens with two attached hydrogens (primary N) is 1. The molecule has 0 bridgehead atoms. The molecule has 1 fully saturated rings. The van der Waals surface area contributed by atoms with E-state index >= 15 is 0 Å². The minimum absolute atomic E-state index is 0.339. The van der Waals surface area contributed by atoms with Gasteiger partial charge in [0.25, 0.3) is 0 Å². The minimum atomic E-state index is 0.339. The van der Waals surface area contributed by atoms with Crippen LogP contribution in [0.3, 0.4) is 0 Å². The zero-order chi connectivity index (χ0) is 15.1. The van der Waals surface area contributed by atoms with Gasteiger partial charge in [0.2, 0.25) is 0 Å². The van der Waals surface area contributed by atoms with Crippen LogP contribution in [0.25, 0.3) is 0 Å². The van der Waals surface area contributed by atoms with Gasteiger partial charge in [0.1, 0.15) is 0 Å². The fourth-order valence-corrected chi connectivity index (χ4v) is 1.78. The van der Waals surface area contributed by atoms with Crippen LogP contribution in [0.1, 0.15) is 26.7 Å². The lowest BCUT2D eigenvalue weighted by Gasteiger charge is -2.28. The van der Waals surface area contributed by atoms with Crippen LogP contribution < -0.4 is 5.84 Å². The third kappa shape index (κ3) is 11.6. The molecule has 0 aromatic heterocycles. The van der Waals surface area contributed by atoms with Crippen molar-refractivity contribution in [1.29, 1.82) is 0 Å². The Kier molecular flexibility index (Phi) is 15.0. The van der Waals surface area contributed by atoms with Gasteiger partial charge in [0.15, 0.2) is 0 Å². The van der Waals surface area contributed by atoms with E-state index < -0.39 is 0 Å². The molecule has 0 saturated carbocycles. The number of nitrogens with zero attached hydrogens (tertiary/aromatic N) is 1. The van der Waals surface area contributed by atoms with Crippen molar-refractivity contribution in [2.45, 2.75) is 32.8 Å². The lowest BCUT2D eigenvalue weighted by atomic mass is 10.1. The molecule has 6 nitrogen and oxygen atoms in total. The standard InChI is InChI=1S/C12H26N2O4.C2H6/c1-15-6-7-16-8-9-17-10-11-18-12-2-4-14(13)5-3-12;1-2/h12H,2-11,13H2,1H3;1-2H3. The molecule has 1 rings (SSSR count). The molecule has 0 atom stereocenters. The molecule has 1 aliphatic rings. The molecule has 2 N–H and O–H groups in total. The van der Waals surface area contributed by atoms with Crippen molar-refractivity contribution in [2.24, 2.45) is 5.84 Å². The van der Waals surface area contributed by atoms with Crippen molar-refractivity contribution in [2.75, 3.05) is 59.8 Å². The van der Waals surface area contributed by atoms with Crippen LogP contribution in [0.2, 0.25) is 0 Å². The van der Waals surface area contributed by atoms with Crippen LogP contribution in [0, 0.1) is 0 Å². The Morgan fingerprint density at radius 3 is 1.95 bits per heavy atom. The van der Waals surface area contributed by atoms with E-state index in [1.54, 1.807) is 7.11 Å². The summed E-state index contributed by atoms with van der Waals surface area (Å²) in [5, 5.41) is 1.84. The molecule has 0 amide bonds. The van der Waals surface area contributed by atoms with E-state index in [0.717, 1.165) is 25.9 Å². The van der Waals surface area contributed by atoms with Crippen molar-refractivity contribution in [3.63, 3.8) is 0 Å². The highest BCUT2D eigenvalue weighted by Gasteiger charge is 2.16. The molecule has 0 aliphatic carbocycles. The molecule has 0 aromatic rings. The number of ether oxygens (including phenoxy) is 4. The van der Waals surface area contributed by atoms with Gasteiger partial charge in [0.05, 0.1) is 45.7 Å². The van der Waals surface area contributed by atoms with Crippen molar-refractivity contribution >= 4 is 0 Å². The van der Waals surface area contributed by atoms with E-state index in [0.29, 0.717) is 45.7 Å². The molecular formula is C14H32N2O4. The quantitative estimate of drug-likeness (QED) is 0.479. The van der Waals surface area contributed by atoms with Crippen molar-refractivity contribution in [3.8, 4) is 0 Å². The first-order valence-corrected chi connectivity index (χ1v) is 7.58. The smallest absolute Gasteiger partial charge is 0.0704 e. The highest BCUT2D eigenvalue weighted by molar-refractivity contribution is 4.68. The van der Waals surface area contributed by atoms with Gasteiger partial charge in [-0.1, -0.05) is 13.8 Å². The zero-order valence-corrected chi connectivity index (χ0v) is 13.3. The molecule has 1 heterocycles. The van der Waals surface area contributed by atoms with Crippen LogP contribution in [0.4, 0.5) is 0 Å². The van der Waals surface area contributed by atoms with Gasteiger partial charge in [-0.15, -0.1) is 0 Å². The second-order valence-electron chi connectivity index (χ2n) is 4.32. The number of hydrogen-bond donors (Lipinski definition) is 1. The topological polar surface area (TPSA) is 66.2 Å². The summed E-state index contributed by atoms with van der Waals surface area (Å²) in [6.45, 7) is 9.56. The molecule has 0 spiro atoms. The lowest BCUT2D eigenvalue weighted by Crippen LogP contribution is -2.41. The number of hydrazine groups is 1. The summed E-state index contributed by atoms with van der Waals surface area (Å²) < 4.78 is 21.2. The van der Waals surface area contributed by atoms with Crippen LogP contribution >= 0.6 is 0 Å². The maximum atomic E-state index is 5.71.